The Morgan fingerprint density at radius 1 is 1.40 bits per heavy atom. The minimum Gasteiger partial charge on any atom is -0.350 e. The molecular weight excluding hydrogens is 250 g/mol. The molecule has 0 spiro atoms. The number of amides is 1. The van der Waals surface area contributed by atoms with Crippen LogP contribution < -0.4 is 11.1 Å². The molecule has 0 unspecified atom stereocenters. The number of nitrogens with one attached hydrogen (secondary N) is 1. The molecule has 1 aliphatic carbocycles. The van der Waals surface area contributed by atoms with Gasteiger partial charge in [0.2, 0.25) is 0 Å². The number of nitrogens with zero attached hydrogens (tertiary/aromatic N) is 1. The summed E-state index contributed by atoms with van der Waals surface area (Å²) in [6.07, 6.45) is 7.91. The summed E-state index contributed by atoms with van der Waals surface area (Å²) in [6.45, 7) is 1.01. The van der Waals surface area contributed by atoms with E-state index in [1.54, 1.807) is 18.3 Å². The third-order valence-electron chi connectivity index (χ3n) is 3.62. The van der Waals surface area contributed by atoms with E-state index in [0.717, 1.165) is 6.54 Å². The summed E-state index contributed by atoms with van der Waals surface area (Å²) in [5.41, 5.74) is 6.40. The fraction of sp³-hybridized carbons (Fsp3) is 0.500. The molecule has 1 fully saturated rings. The number of hydrogen-bond acceptors (Lipinski definition) is 3. The average molecular weight is 271 g/mol. The van der Waals surface area contributed by atoms with Crippen LogP contribution in [0.4, 0.5) is 0 Å². The molecule has 0 bridgehead atoms. The van der Waals surface area contributed by atoms with Crippen molar-refractivity contribution in [3.05, 3.63) is 29.6 Å². The Bertz CT molecular complexity index is 510. The molecule has 0 atom stereocenters. The van der Waals surface area contributed by atoms with Crippen molar-refractivity contribution in [3.8, 4) is 11.8 Å². The van der Waals surface area contributed by atoms with Gasteiger partial charge in [-0.05, 0) is 30.9 Å². The molecule has 1 aromatic heterocycles. The number of pyridine rings is 1. The van der Waals surface area contributed by atoms with Gasteiger partial charge in [0.25, 0.3) is 5.91 Å². The number of aromatic nitrogens is 1. The summed E-state index contributed by atoms with van der Waals surface area (Å²) in [7, 11) is 0. The quantitative estimate of drug-likeness (QED) is 0.822. The minimum atomic E-state index is -0.141. The van der Waals surface area contributed by atoms with E-state index >= 15 is 0 Å². The van der Waals surface area contributed by atoms with Gasteiger partial charge in [0, 0.05) is 12.7 Å². The van der Waals surface area contributed by atoms with Gasteiger partial charge in [-0.25, -0.2) is 4.98 Å². The number of rotatable bonds is 3. The molecule has 1 amide bonds. The maximum Gasteiger partial charge on any atom is 0.271 e. The SMILES string of the molecule is NCC#Cc1cccnc1C(=O)NCC1CCCCC1. The summed E-state index contributed by atoms with van der Waals surface area (Å²) in [4.78, 5) is 16.3. The largest absolute Gasteiger partial charge is 0.350 e. The Labute approximate surface area is 120 Å². The molecule has 1 heterocycles. The zero-order chi connectivity index (χ0) is 14.2. The third kappa shape index (κ3) is 4.07. The van der Waals surface area contributed by atoms with Gasteiger partial charge >= 0.3 is 0 Å². The molecule has 0 saturated heterocycles. The van der Waals surface area contributed by atoms with Crippen molar-refractivity contribution in [2.24, 2.45) is 11.7 Å². The highest BCUT2D eigenvalue weighted by Gasteiger charge is 2.16. The minimum absolute atomic E-state index is 0.141. The smallest absolute Gasteiger partial charge is 0.271 e. The fourth-order valence-electron chi connectivity index (χ4n) is 2.55. The molecule has 4 nitrogen and oxygen atoms in total. The molecule has 1 aromatic rings. The maximum atomic E-state index is 12.2. The van der Waals surface area contributed by atoms with Crippen LogP contribution >= 0.6 is 0 Å². The zero-order valence-electron chi connectivity index (χ0n) is 11.7. The Morgan fingerprint density at radius 2 is 2.20 bits per heavy atom. The van der Waals surface area contributed by atoms with Gasteiger partial charge in [-0.3, -0.25) is 4.79 Å². The number of nitrogens with two attached hydrogens (primary N) is 1. The first kappa shape index (κ1) is 14.5. The van der Waals surface area contributed by atoms with E-state index in [2.05, 4.69) is 22.1 Å². The standard InChI is InChI=1S/C16H21N3O/c17-10-4-8-14-9-5-11-18-15(14)16(20)19-12-13-6-2-1-3-7-13/h5,9,11,13H,1-3,6-7,10,12,17H2,(H,19,20). The highest BCUT2D eigenvalue weighted by molar-refractivity contribution is 5.94. The molecule has 1 saturated carbocycles. The Kier molecular flexibility index (Phi) is 5.57. The molecule has 0 radical (unpaired) electrons. The second-order valence-corrected chi connectivity index (χ2v) is 5.12. The Hall–Kier alpha value is -1.86. The predicted molar refractivity (Wildman–Crippen MR) is 79.1 cm³/mol. The Morgan fingerprint density at radius 3 is 2.95 bits per heavy atom. The second kappa shape index (κ2) is 7.66. The van der Waals surface area contributed by atoms with E-state index in [1.165, 1.54) is 32.1 Å². The van der Waals surface area contributed by atoms with Crippen molar-refractivity contribution in [1.82, 2.24) is 10.3 Å². The molecule has 0 aromatic carbocycles. The molecular formula is C16H21N3O. The normalized spacial score (nSPS) is 15.2. The van der Waals surface area contributed by atoms with Gasteiger partial charge in [0.15, 0.2) is 0 Å². The van der Waals surface area contributed by atoms with Crippen LogP contribution in [0.5, 0.6) is 0 Å². The highest BCUT2D eigenvalue weighted by atomic mass is 16.1. The van der Waals surface area contributed by atoms with Gasteiger partial charge < -0.3 is 11.1 Å². The van der Waals surface area contributed by atoms with Gasteiger partial charge in [-0.2, -0.15) is 0 Å². The second-order valence-electron chi connectivity index (χ2n) is 5.12. The molecule has 106 valence electrons. The van der Waals surface area contributed by atoms with Crippen LogP contribution in [0.1, 0.15) is 48.2 Å². The van der Waals surface area contributed by atoms with Crippen molar-refractivity contribution in [3.63, 3.8) is 0 Å². The molecule has 0 aliphatic heterocycles. The van der Waals surface area contributed by atoms with Crippen LogP contribution in [0.3, 0.4) is 0 Å². The van der Waals surface area contributed by atoms with Crippen molar-refractivity contribution >= 4 is 5.91 Å². The van der Waals surface area contributed by atoms with Crippen molar-refractivity contribution in [2.75, 3.05) is 13.1 Å². The summed E-state index contributed by atoms with van der Waals surface area (Å²) < 4.78 is 0. The first-order valence-corrected chi connectivity index (χ1v) is 7.23. The molecule has 4 heteroatoms. The van der Waals surface area contributed by atoms with Gasteiger partial charge in [-0.15, -0.1) is 0 Å². The van der Waals surface area contributed by atoms with E-state index in [9.17, 15) is 4.79 Å². The van der Waals surface area contributed by atoms with E-state index < -0.39 is 0 Å². The van der Waals surface area contributed by atoms with Crippen LogP contribution in [0, 0.1) is 17.8 Å². The third-order valence-corrected chi connectivity index (χ3v) is 3.62. The van der Waals surface area contributed by atoms with E-state index in [4.69, 9.17) is 5.73 Å². The molecule has 1 aliphatic rings. The van der Waals surface area contributed by atoms with Gasteiger partial charge in [0.1, 0.15) is 5.69 Å². The number of carbonyl (C=O) groups excluding carboxylic acids is 1. The summed E-state index contributed by atoms with van der Waals surface area (Å²) in [5.74, 6) is 6.12. The monoisotopic (exact) mass is 271 g/mol. The Balaban J connectivity index is 1.97. The summed E-state index contributed by atoms with van der Waals surface area (Å²) in [6, 6.07) is 3.57. The zero-order valence-corrected chi connectivity index (χ0v) is 11.7. The summed E-state index contributed by atoms with van der Waals surface area (Å²) in [5, 5.41) is 2.99. The summed E-state index contributed by atoms with van der Waals surface area (Å²) >= 11 is 0. The number of carbonyl (C=O) groups is 1. The molecule has 3 N–H and O–H groups in total. The lowest BCUT2D eigenvalue weighted by Gasteiger charge is -2.21. The van der Waals surface area contributed by atoms with Crippen molar-refractivity contribution in [2.45, 2.75) is 32.1 Å². The highest BCUT2D eigenvalue weighted by Crippen LogP contribution is 2.22. The maximum absolute atomic E-state index is 12.2. The fourth-order valence-corrected chi connectivity index (χ4v) is 2.55. The van der Waals surface area contributed by atoms with Gasteiger partial charge in [0.05, 0.1) is 12.1 Å². The van der Waals surface area contributed by atoms with Crippen LogP contribution in [-0.2, 0) is 0 Å². The van der Waals surface area contributed by atoms with Gasteiger partial charge in [-0.1, -0.05) is 31.1 Å². The van der Waals surface area contributed by atoms with Crippen LogP contribution in [0.15, 0.2) is 18.3 Å². The lowest BCUT2D eigenvalue weighted by Crippen LogP contribution is -2.31. The van der Waals surface area contributed by atoms with E-state index in [-0.39, 0.29) is 12.5 Å². The van der Waals surface area contributed by atoms with Crippen molar-refractivity contribution < 1.29 is 4.79 Å². The van der Waals surface area contributed by atoms with Crippen LogP contribution in [0.2, 0.25) is 0 Å². The molecule has 2 rings (SSSR count). The lowest BCUT2D eigenvalue weighted by atomic mass is 9.89. The molecule has 20 heavy (non-hydrogen) atoms. The van der Waals surface area contributed by atoms with E-state index in [0.29, 0.717) is 17.2 Å². The lowest BCUT2D eigenvalue weighted by molar-refractivity contribution is 0.0938. The van der Waals surface area contributed by atoms with Crippen molar-refractivity contribution in [1.29, 1.82) is 0 Å². The van der Waals surface area contributed by atoms with Crippen LogP contribution in [-0.4, -0.2) is 24.0 Å². The first-order valence-electron chi connectivity index (χ1n) is 7.23. The van der Waals surface area contributed by atoms with Crippen LogP contribution in [0.25, 0.3) is 0 Å². The first-order chi connectivity index (χ1) is 9.81. The van der Waals surface area contributed by atoms with E-state index in [1.807, 2.05) is 0 Å². The predicted octanol–water partition coefficient (Wildman–Crippen LogP) is 1.70. The average Bonchev–Trinajstić information content (AvgIpc) is 2.52. The topological polar surface area (TPSA) is 68.0 Å². The number of hydrogen-bond donors (Lipinski definition) is 2.